The predicted molar refractivity (Wildman–Crippen MR) is 93.2 cm³/mol. The monoisotopic (exact) mass is 347 g/mol. The van der Waals surface area contributed by atoms with Crippen molar-refractivity contribution in [2.75, 3.05) is 7.11 Å². The average molecular weight is 347 g/mol. The zero-order chi connectivity index (χ0) is 17.8. The number of nitrogens with one attached hydrogen (secondary N) is 1. The summed E-state index contributed by atoms with van der Waals surface area (Å²) in [5.41, 5.74) is -0.138. The van der Waals surface area contributed by atoms with E-state index in [9.17, 15) is 13.6 Å². The lowest BCUT2D eigenvalue weighted by Gasteiger charge is -2.16. The highest BCUT2D eigenvalue weighted by Gasteiger charge is 2.67. The Balaban J connectivity index is 1.48. The summed E-state index contributed by atoms with van der Waals surface area (Å²) < 4.78 is 34.3. The molecule has 2 saturated carbocycles. The first-order valence-corrected chi connectivity index (χ1v) is 8.95. The first kappa shape index (κ1) is 16.6. The Morgan fingerprint density at radius 1 is 1.32 bits per heavy atom. The molecule has 134 valence electrons. The number of hydrogen-bond donors (Lipinski definition) is 1. The number of halogens is 2. The fraction of sp³-hybridized carbons (Fsp3) is 0.550. The fourth-order valence-electron chi connectivity index (χ4n) is 4.44. The van der Waals surface area contributed by atoms with E-state index in [2.05, 4.69) is 11.9 Å². The number of aromatic amines is 1. The number of rotatable bonds is 6. The third-order valence-electron chi connectivity index (χ3n) is 6.28. The van der Waals surface area contributed by atoms with E-state index >= 15 is 0 Å². The number of benzene rings is 1. The second kappa shape index (κ2) is 5.55. The van der Waals surface area contributed by atoms with Gasteiger partial charge < -0.3 is 9.72 Å². The molecule has 1 aromatic carbocycles. The second-order valence-corrected chi connectivity index (χ2v) is 7.80. The Kier molecular flexibility index (Phi) is 3.67. The lowest BCUT2D eigenvalue weighted by molar-refractivity contribution is -0.0173. The Labute approximate surface area is 145 Å². The molecule has 25 heavy (non-hydrogen) atoms. The molecule has 2 aromatic rings. The highest BCUT2D eigenvalue weighted by molar-refractivity contribution is 5.80. The highest BCUT2D eigenvalue weighted by Crippen LogP contribution is 2.75. The lowest BCUT2D eigenvalue weighted by Crippen LogP contribution is -2.25. The molecule has 0 radical (unpaired) electrons. The Morgan fingerprint density at radius 3 is 2.72 bits per heavy atom. The molecule has 5 heteroatoms. The third-order valence-corrected chi connectivity index (χ3v) is 6.28. The van der Waals surface area contributed by atoms with E-state index in [4.69, 9.17) is 4.74 Å². The van der Waals surface area contributed by atoms with Crippen LogP contribution in [0.2, 0.25) is 0 Å². The molecule has 0 aliphatic heterocycles. The van der Waals surface area contributed by atoms with Crippen molar-refractivity contribution in [2.45, 2.75) is 45.0 Å². The molecule has 3 nitrogen and oxygen atoms in total. The average Bonchev–Trinajstić information content (AvgIpc) is 3.44. The Bertz CT molecular complexity index is 876. The van der Waals surface area contributed by atoms with Gasteiger partial charge in [-0.2, -0.15) is 0 Å². The molecule has 0 bridgehead atoms. The van der Waals surface area contributed by atoms with Crippen molar-refractivity contribution < 1.29 is 13.5 Å². The largest absolute Gasteiger partial charge is 0.497 e. The minimum atomic E-state index is -3.10. The van der Waals surface area contributed by atoms with E-state index in [0.717, 1.165) is 12.3 Å². The summed E-state index contributed by atoms with van der Waals surface area (Å²) in [5.74, 6) is -1.12. The van der Waals surface area contributed by atoms with Crippen LogP contribution in [0, 0.1) is 17.3 Å². The van der Waals surface area contributed by atoms with E-state index in [1.165, 1.54) is 26.0 Å². The molecule has 2 aliphatic rings. The van der Waals surface area contributed by atoms with Gasteiger partial charge in [0.15, 0.2) is 0 Å². The maximum Gasteiger partial charge on any atom is 0.278 e. The number of aromatic nitrogens is 1. The number of hydrogen-bond acceptors (Lipinski definition) is 2. The van der Waals surface area contributed by atoms with Crippen molar-refractivity contribution in [1.29, 1.82) is 0 Å². The molecular formula is C20H23F2NO2. The minimum Gasteiger partial charge on any atom is -0.497 e. The Morgan fingerprint density at radius 2 is 2.08 bits per heavy atom. The van der Waals surface area contributed by atoms with Crippen molar-refractivity contribution in [3.63, 3.8) is 0 Å². The van der Waals surface area contributed by atoms with Crippen LogP contribution in [0.15, 0.2) is 29.1 Å². The highest BCUT2D eigenvalue weighted by atomic mass is 19.3. The van der Waals surface area contributed by atoms with Gasteiger partial charge in [0.2, 0.25) is 0 Å². The molecule has 1 aromatic heterocycles. The first-order valence-electron chi connectivity index (χ1n) is 8.95. The van der Waals surface area contributed by atoms with Gasteiger partial charge in [-0.25, -0.2) is 8.78 Å². The van der Waals surface area contributed by atoms with Crippen molar-refractivity contribution in [3.8, 4) is 5.75 Å². The minimum absolute atomic E-state index is 0.265. The van der Waals surface area contributed by atoms with Crippen LogP contribution in [0.5, 0.6) is 5.75 Å². The molecular weight excluding hydrogens is 324 g/mol. The van der Waals surface area contributed by atoms with E-state index in [0.29, 0.717) is 34.4 Å². The molecule has 2 aliphatic carbocycles. The van der Waals surface area contributed by atoms with Crippen molar-refractivity contribution >= 4 is 10.9 Å². The van der Waals surface area contributed by atoms with Gasteiger partial charge in [0.05, 0.1) is 18.2 Å². The molecule has 3 unspecified atom stereocenters. The number of ether oxygens (including phenoxy) is 1. The van der Waals surface area contributed by atoms with Crippen LogP contribution >= 0.6 is 0 Å². The number of alkyl halides is 2. The number of methoxy groups -OCH3 is 1. The van der Waals surface area contributed by atoms with Crippen molar-refractivity contribution in [3.05, 3.63) is 40.2 Å². The first-order chi connectivity index (χ1) is 11.9. The van der Waals surface area contributed by atoms with Crippen LogP contribution in [0.4, 0.5) is 8.78 Å². The van der Waals surface area contributed by atoms with Crippen LogP contribution in [0.1, 0.15) is 44.6 Å². The van der Waals surface area contributed by atoms with Gasteiger partial charge in [-0.1, -0.05) is 6.92 Å². The van der Waals surface area contributed by atoms with Gasteiger partial charge in [-0.05, 0) is 66.5 Å². The van der Waals surface area contributed by atoms with Gasteiger partial charge in [0.25, 0.3) is 11.5 Å². The summed E-state index contributed by atoms with van der Waals surface area (Å²) in [6.45, 7) is 2.25. The van der Waals surface area contributed by atoms with E-state index in [1.54, 1.807) is 18.2 Å². The fourth-order valence-corrected chi connectivity index (χ4v) is 4.44. The van der Waals surface area contributed by atoms with Gasteiger partial charge in [0.1, 0.15) is 5.75 Å². The molecule has 2 fully saturated rings. The van der Waals surface area contributed by atoms with Gasteiger partial charge in [-0.15, -0.1) is 0 Å². The summed E-state index contributed by atoms with van der Waals surface area (Å²) in [5, 5.41) is 0.586. The smallest absolute Gasteiger partial charge is 0.278 e. The molecule has 4 rings (SSSR count). The molecule has 1 heterocycles. The summed E-state index contributed by atoms with van der Waals surface area (Å²) in [6.07, 6.45) is 3.52. The van der Waals surface area contributed by atoms with Crippen LogP contribution < -0.4 is 10.3 Å². The summed E-state index contributed by atoms with van der Waals surface area (Å²) in [6, 6.07) is 6.34. The molecule has 0 amide bonds. The zero-order valence-corrected chi connectivity index (χ0v) is 14.6. The predicted octanol–water partition coefficient (Wildman–Crippen LogP) is 4.84. The maximum atomic E-state index is 14.6. The van der Waals surface area contributed by atoms with E-state index < -0.39 is 17.0 Å². The molecule has 1 N–H and O–H groups in total. The standard InChI is InChI=1S/C20H23F2NO2/c1-12-10-19(12)11-14(19)4-3-7-20(21,22)16-8-13-5-6-15(25-2)9-17(13)23-18(16)24/h5-6,8-9,12,14H,3-4,7,10-11H2,1-2H3,(H,23,24). The van der Waals surface area contributed by atoms with Crippen molar-refractivity contribution in [2.24, 2.45) is 17.3 Å². The van der Waals surface area contributed by atoms with Crippen LogP contribution in [0.25, 0.3) is 10.9 Å². The number of H-pyrrole nitrogens is 1. The van der Waals surface area contributed by atoms with Crippen LogP contribution in [-0.2, 0) is 5.92 Å². The normalized spacial score (nSPS) is 27.7. The van der Waals surface area contributed by atoms with Gasteiger partial charge >= 0.3 is 0 Å². The summed E-state index contributed by atoms with van der Waals surface area (Å²) in [4.78, 5) is 14.7. The summed E-state index contributed by atoms with van der Waals surface area (Å²) >= 11 is 0. The molecule has 1 spiro atoms. The number of fused-ring (bicyclic) bond motifs is 1. The van der Waals surface area contributed by atoms with Gasteiger partial charge in [0, 0.05) is 12.5 Å². The van der Waals surface area contributed by atoms with Crippen molar-refractivity contribution in [1.82, 2.24) is 4.98 Å². The lowest BCUT2D eigenvalue weighted by atomic mass is 10.0. The number of pyridine rings is 1. The van der Waals surface area contributed by atoms with Crippen LogP contribution in [-0.4, -0.2) is 12.1 Å². The maximum absolute atomic E-state index is 14.6. The molecule has 0 saturated heterocycles. The quantitative estimate of drug-likeness (QED) is 0.812. The Hall–Kier alpha value is -1.91. The topological polar surface area (TPSA) is 42.1 Å². The third kappa shape index (κ3) is 2.83. The second-order valence-electron chi connectivity index (χ2n) is 7.80. The zero-order valence-electron chi connectivity index (χ0n) is 14.6. The van der Waals surface area contributed by atoms with Gasteiger partial charge in [-0.3, -0.25) is 4.79 Å². The van der Waals surface area contributed by atoms with E-state index in [1.807, 2.05) is 0 Å². The van der Waals surface area contributed by atoms with E-state index in [-0.39, 0.29) is 6.42 Å². The SMILES string of the molecule is COc1ccc2cc(C(F)(F)CCCC3CC34CC4C)c(=O)[nH]c2c1. The van der Waals surface area contributed by atoms with Crippen LogP contribution in [0.3, 0.4) is 0 Å². The molecule has 3 atom stereocenters. The summed E-state index contributed by atoms with van der Waals surface area (Å²) in [7, 11) is 1.52.